The van der Waals surface area contributed by atoms with Gasteiger partial charge < -0.3 is 4.74 Å². The summed E-state index contributed by atoms with van der Waals surface area (Å²) >= 11 is 0. The number of anilines is 1. The van der Waals surface area contributed by atoms with Crippen molar-refractivity contribution in [1.82, 2.24) is 0 Å². The van der Waals surface area contributed by atoms with Gasteiger partial charge in [-0.15, -0.1) is 0 Å². The number of nitriles is 1. The van der Waals surface area contributed by atoms with E-state index in [1.807, 2.05) is 6.07 Å². The Morgan fingerprint density at radius 2 is 1.82 bits per heavy atom. The van der Waals surface area contributed by atoms with Crippen LogP contribution < -0.4 is 9.64 Å². The molecule has 0 N–H and O–H groups in total. The average Bonchev–Trinajstić information content (AvgIpc) is 3.21. The monoisotopic (exact) mass is 294 g/mol. The number of nitrogens with zero attached hydrogens (tertiary/aromatic N) is 2. The molecular formula is C17H14N2O3. The van der Waals surface area contributed by atoms with E-state index >= 15 is 0 Å². The van der Waals surface area contributed by atoms with Crippen LogP contribution in [-0.2, 0) is 9.59 Å². The fraction of sp³-hybridized carbons (Fsp3) is 0.353. The molecule has 3 aliphatic rings. The van der Waals surface area contributed by atoms with Crippen LogP contribution in [0, 0.1) is 35.0 Å². The van der Waals surface area contributed by atoms with E-state index in [4.69, 9.17) is 10.00 Å². The van der Waals surface area contributed by atoms with Crippen LogP contribution in [0.2, 0.25) is 0 Å². The van der Waals surface area contributed by atoms with E-state index in [0.29, 0.717) is 17.0 Å². The summed E-state index contributed by atoms with van der Waals surface area (Å²) in [6.45, 7) is 0. The lowest BCUT2D eigenvalue weighted by Gasteiger charge is -2.20. The summed E-state index contributed by atoms with van der Waals surface area (Å²) in [6, 6.07) is 6.81. The lowest BCUT2D eigenvalue weighted by molar-refractivity contribution is -0.123. The van der Waals surface area contributed by atoms with Gasteiger partial charge in [0.2, 0.25) is 11.8 Å². The third-order valence-corrected chi connectivity index (χ3v) is 5.02. The summed E-state index contributed by atoms with van der Waals surface area (Å²) in [7, 11) is 1.49. The van der Waals surface area contributed by atoms with Gasteiger partial charge in [-0.1, -0.05) is 12.2 Å². The van der Waals surface area contributed by atoms with Crippen LogP contribution in [0.1, 0.15) is 12.0 Å². The van der Waals surface area contributed by atoms with Crippen molar-refractivity contribution in [3.63, 3.8) is 0 Å². The second kappa shape index (κ2) is 4.44. The normalized spacial score (nSPS) is 31.5. The summed E-state index contributed by atoms with van der Waals surface area (Å²) in [5.41, 5.74) is 0.778. The first-order valence-electron chi connectivity index (χ1n) is 7.30. The predicted molar refractivity (Wildman–Crippen MR) is 77.9 cm³/mol. The van der Waals surface area contributed by atoms with E-state index in [2.05, 4.69) is 12.2 Å². The number of rotatable bonds is 2. The maximum Gasteiger partial charge on any atom is 0.238 e. The highest BCUT2D eigenvalue weighted by molar-refractivity contribution is 6.23. The highest BCUT2D eigenvalue weighted by atomic mass is 16.5. The van der Waals surface area contributed by atoms with Gasteiger partial charge in [0.1, 0.15) is 5.75 Å². The predicted octanol–water partition coefficient (Wildman–Crippen LogP) is 1.88. The summed E-state index contributed by atoms with van der Waals surface area (Å²) in [5, 5.41) is 9.07. The molecule has 0 radical (unpaired) electrons. The molecule has 0 spiro atoms. The maximum atomic E-state index is 12.8. The van der Waals surface area contributed by atoms with Gasteiger partial charge in [-0.2, -0.15) is 5.26 Å². The molecule has 2 amide bonds. The number of hydrogen-bond donors (Lipinski definition) is 0. The number of fused-ring (bicyclic) bond motifs is 5. The Morgan fingerprint density at radius 1 is 1.18 bits per heavy atom. The first-order valence-corrected chi connectivity index (χ1v) is 7.30. The van der Waals surface area contributed by atoms with E-state index in [1.54, 1.807) is 18.2 Å². The second-order valence-electron chi connectivity index (χ2n) is 6.01. The van der Waals surface area contributed by atoms with E-state index in [9.17, 15) is 9.59 Å². The SMILES string of the molecule is COc1ccc(C#N)cc1N1C(=O)[C@@H]2[C@H](C1=O)[C@@H]1C=C[C@H]2C1. The van der Waals surface area contributed by atoms with E-state index in [-0.39, 0.29) is 35.5 Å². The fourth-order valence-corrected chi connectivity index (χ4v) is 4.07. The number of allylic oxidation sites excluding steroid dienone is 2. The highest BCUT2D eigenvalue weighted by Crippen LogP contribution is 2.53. The maximum absolute atomic E-state index is 12.8. The lowest BCUT2D eigenvalue weighted by atomic mass is 9.85. The van der Waals surface area contributed by atoms with Crippen molar-refractivity contribution in [2.24, 2.45) is 23.7 Å². The van der Waals surface area contributed by atoms with E-state index < -0.39 is 0 Å². The Balaban J connectivity index is 1.80. The molecular weight excluding hydrogens is 280 g/mol. The Bertz CT molecular complexity index is 732. The Labute approximate surface area is 127 Å². The number of carbonyl (C=O) groups excluding carboxylic acids is 2. The van der Waals surface area contributed by atoms with Crippen LogP contribution in [0.5, 0.6) is 5.75 Å². The lowest BCUT2D eigenvalue weighted by Crippen LogP contribution is -2.33. The van der Waals surface area contributed by atoms with Crippen molar-refractivity contribution in [2.45, 2.75) is 6.42 Å². The molecule has 0 unspecified atom stereocenters. The molecule has 1 aliphatic heterocycles. The molecule has 5 nitrogen and oxygen atoms in total. The first kappa shape index (κ1) is 13.1. The van der Waals surface area contributed by atoms with Crippen molar-refractivity contribution in [3.8, 4) is 11.8 Å². The molecule has 2 bridgehead atoms. The minimum atomic E-state index is -0.252. The number of amides is 2. The number of ether oxygens (including phenoxy) is 1. The van der Waals surface area contributed by atoms with Gasteiger partial charge in [0.25, 0.3) is 0 Å². The molecule has 5 heteroatoms. The number of hydrogen-bond acceptors (Lipinski definition) is 4. The summed E-state index contributed by atoms with van der Waals surface area (Å²) in [5.74, 6) is -0.0689. The molecule has 1 heterocycles. The number of carbonyl (C=O) groups is 2. The summed E-state index contributed by atoms with van der Waals surface area (Å²) in [6.07, 6.45) is 5.02. The summed E-state index contributed by atoms with van der Waals surface area (Å²) < 4.78 is 5.27. The minimum Gasteiger partial charge on any atom is -0.495 e. The van der Waals surface area contributed by atoms with Crippen molar-refractivity contribution in [3.05, 3.63) is 35.9 Å². The van der Waals surface area contributed by atoms with Crippen molar-refractivity contribution in [1.29, 1.82) is 5.26 Å². The zero-order valence-electron chi connectivity index (χ0n) is 12.0. The number of imide groups is 1. The quantitative estimate of drug-likeness (QED) is 0.617. The highest BCUT2D eigenvalue weighted by Gasteiger charge is 2.59. The van der Waals surface area contributed by atoms with Gasteiger partial charge in [0.15, 0.2) is 0 Å². The van der Waals surface area contributed by atoms with Gasteiger partial charge in [-0.05, 0) is 36.5 Å². The molecule has 1 saturated heterocycles. The number of methoxy groups -OCH3 is 1. The molecule has 4 rings (SSSR count). The van der Waals surface area contributed by atoms with Crippen molar-refractivity contribution < 1.29 is 14.3 Å². The Morgan fingerprint density at radius 3 is 2.36 bits per heavy atom. The third kappa shape index (κ3) is 1.52. The molecule has 22 heavy (non-hydrogen) atoms. The van der Waals surface area contributed by atoms with E-state index in [1.165, 1.54) is 12.0 Å². The summed E-state index contributed by atoms with van der Waals surface area (Å²) in [4.78, 5) is 26.8. The van der Waals surface area contributed by atoms with Gasteiger partial charge in [-0.3, -0.25) is 9.59 Å². The van der Waals surface area contributed by atoms with Gasteiger partial charge in [-0.25, -0.2) is 4.90 Å². The Hall–Kier alpha value is -2.61. The van der Waals surface area contributed by atoms with Crippen LogP contribution >= 0.6 is 0 Å². The fourth-order valence-electron chi connectivity index (χ4n) is 4.07. The van der Waals surface area contributed by atoms with Crippen molar-refractivity contribution in [2.75, 3.05) is 12.0 Å². The van der Waals surface area contributed by atoms with Crippen LogP contribution in [0.15, 0.2) is 30.4 Å². The first-order chi connectivity index (χ1) is 10.7. The largest absolute Gasteiger partial charge is 0.495 e. The molecule has 110 valence electrons. The zero-order chi connectivity index (χ0) is 15.4. The standard InChI is InChI=1S/C17H14N2O3/c1-22-13-5-2-9(8-18)6-12(13)19-16(20)14-10-3-4-11(7-10)15(14)17(19)21/h2-6,10-11,14-15H,7H2,1H3/t10-,11+,14-,15+. The minimum absolute atomic E-state index is 0.166. The third-order valence-electron chi connectivity index (χ3n) is 5.02. The molecule has 1 saturated carbocycles. The van der Waals surface area contributed by atoms with Crippen LogP contribution in [-0.4, -0.2) is 18.9 Å². The van der Waals surface area contributed by atoms with Gasteiger partial charge in [0, 0.05) is 0 Å². The molecule has 1 aromatic rings. The topological polar surface area (TPSA) is 70.4 Å². The van der Waals surface area contributed by atoms with Crippen LogP contribution in [0.4, 0.5) is 5.69 Å². The van der Waals surface area contributed by atoms with Crippen LogP contribution in [0.3, 0.4) is 0 Å². The smallest absolute Gasteiger partial charge is 0.238 e. The molecule has 4 atom stereocenters. The van der Waals surface area contributed by atoms with Gasteiger partial charge in [0.05, 0.1) is 36.3 Å². The molecule has 2 aliphatic carbocycles. The molecule has 2 fully saturated rings. The van der Waals surface area contributed by atoms with Crippen molar-refractivity contribution >= 4 is 17.5 Å². The Kier molecular flexibility index (Phi) is 2.64. The van der Waals surface area contributed by atoms with Gasteiger partial charge >= 0.3 is 0 Å². The zero-order valence-corrected chi connectivity index (χ0v) is 12.0. The number of benzene rings is 1. The van der Waals surface area contributed by atoms with E-state index in [0.717, 1.165) is 6.42 Å². The second-order valence-corrected chi connectivity index (χ2v) is 6.01. The van der Waals surface area contributed by atoms with Crippen LogP contribution in [0.25, 0.3) is 0 Å². The molecule has 0 aromatic heterocycles. The molecule has 1 aromatic carbocycles. The average molecular weight is 294 g/mol.